The Bertz CT molecular complexity index is 464. The number of pyridine rings is 1. The first-order chi connectivity index (χ1) is 8.98. The lowest BCUT2D eigenvalue weighted by Crippen LogP contribution is -2.41. The van der Waals surface area contributed by atoms with Crippen LogP contribution in [0.3, 0.4) is 0 Å². The summed E-state index contributed by atoms with van der Waals surface area (Å²) in [7, 11) is 0. The van der Waals surface area contributed by atoms with E-state index >= 15 is 0 Å². The zero-order valence-electron chi connectivity index (χ0n) is 11.1. The maximum absolute atomic E-state index is 10.9. The quantitative estimate of drug-likeness (QED) is 0.776. The molecule has 0 saturated heterocycles. The van der Waals surface area contributed by atoms with Crippen molar-refractivity contribution in [2.24, 2.45) is 5.92 Å². The Kier molecular flexibility index (Phi) is 4.04. The zero-order chi connectivity index (χ0) is 13.9. The van der Waals surface area contributed by atoms with Gasteiger partial charge in [0.25, 0.3) is 0 Å². The standard InChI is InChI=1S/C14H20N2O3/c1-10-3-2-5-14(19,8-10)9-16-12-7-11(13(17)18)4-6-15-12/h4,6-7,10,19H,2-3,5,8-9H2,1H3,(H,15,16)(H,17,18). The van der Waals surface area contributed by atoms with E-state index < -0.39 is 11.6 Å². The minimum absolute atomic E-state index is 0.196. The van der Waals surface area contributed by atoms with E-state index in [0.717, 1.165) is 25.7 Å². The topological polar surface area (TPSA) is 82.5 Å². The lowest BCUT2D eigenvalue weighted by molar-refractivity contribution is -0.000828. The predicted molar refractivity (Wildman–Crippen MR) is 72.3 cm³/mol. The van der Waals surface area contributed by atoms with E-state index in [0.29, 0.717) is 18.3 Å². The number of aromatic carboxylic acids is 1. The van der Waals surface area contributed by atoms with Crippen molar-refractivity contribution in [1.82, 2.24) is 4.98 Å². The molecule has 1 saturated carbocycles. The molecule has 1 fully saturated rings. The first-order valence-electron chi connectivity index (χ1n) is 6.64. The number of hydrogen-bond acceptors (Lipinski definition) is 4. The fourth-order valence-electron chi connectivity index (χ4n) is 2.71. The number of carboxylic acids is 1. The molecule has 5 nitrogen and oxygen atoms in total. The van der Waals surface area contributed by atoms with Gasteiger partial charge in [-0.05, 0) is 30.9 Å². The number of carboxylic acid groups (broad SMARTS) is 1. The molecule has 0 aliphatic heterocycles. The molecule has 0 spiro atoms. The molecule has 2 atom stereocenters. The van der Waals surface area contributed by atoms with Crippen molar-refractivity contribution in [3.8, 4) is 0 Å². The van der Waals surface area contributed by atoms with Crippen molar-refractivity contribution in [1.29, 1.82) is 0 Å². The highest BCUT2D eigenvalue weighted by Crippen LogP contribution is 2.32. The number of aromatic nitrogens is 1. The number of anilines is 1. The molecule has 0 aromatic carbocycles. The molecular formula is C14H20N2O3. The van der Waals surface area contributed by atoms with E-state index in [-0.39, 0.29) is 5.56 Å². The highest BCUT2D eigenvalue weighted by molar-refractivity contribution is 5.88. The van der Waals surface area contributed by atoms with Gasteiger partial charge in [-0.3, -0.25) is 0 Å². The molecule has 1 aromatic heterocycles. The van der Waals surface area contributed by atoms with Gasteiger partial charge in [0, 0.05) is 12.7 Å². The maximum Gasteiger partial charge on any atom is 0.335 e. The van der Waals surface area contributed by atoms with Gasteiger partial charge in [-0.1, -0.05) is 19.8 Å². The fourth-order valence-corrected chi connectivity index (χ4v) is 2.71. The molecule has 1 heterocycles. The van der Waals surface area contributed by atoms with Gasteiger partial charge < -0.3 is 15.5 Å². The van der Waals surface area contributed by atoms with Crippen molar-refractivity contribution >= 4 is 11.8 Å². The van der Waals surface area contributed by atoms with E-state index in [4.69, 9.17) is 5.11 Å². The summed E-state index contributed by atoms with van der Waals surface area (Å²) in [5, 5.41) is 22.4. The Hall–Kier alpha value is -1.62. The maximum atomic E-state index is 10.9. The summed E-state index contributed by atoms with van der Waals surface area (Å²) in [6, 6.07) is 2.93. The number of rotatable bonds is 4. The highest BCUT2D eigenvalue weighted by atomic mass is 16.4. The van der Waals surface area contributed by atoms with Crippen molar-refractivity contribution in [2.75, 3.05) is 11.9 Å². The first kappa shape index (κ1) is 13.8. The van der Waals surface area contributed by atoms with E-state index in [1.807, 2.05) is 0 Å². The molecule has 1 aromatic rings. The van der Waals surface area contributed by atoms with E-state index in [9.17, 15) is 9.90 Å². The van der Waals surface area contributed by atoms with Gasteiger partial charge in [-0.25, -0.2) is 9.78 Å². The molecule has 2 unspecified atom stereocenters. The largest absolute Gasteiger partial charge is 0.478 e. The Morgan fingerprint density at radius 2 is 2.42 bits per heavy atom. The molecule has 0 bridgehead atoms. The Morgan fingerprint density at radius 3 is 3.11 bits per heavy atom. The van der Waals surface area contributed by atoms with Crippen LogP contribution in [0.2, 0.25) is 0 Å². The molecule has 5 heteroatoms. The van der Waals surface area contributed by atoms with Crippen LogP contribution in [0.5, 0.6) is 0 Å². The zero-order valence-corrected chi connectivity index (χ0v) is 11.1. The van der Waals surface area contributed by atoms with Crippen LogP contribution in [0.4, 0.5) is 5.82 Å². The predicted octanol–water partition coefficient (Wildman–Crippen LogP) is 2.13. The van der Waals surface area contributed by atoms with Crippen molar-refractivity contribution in [3.05, 3.63) is 23.9 Å². The van der Waals surface area contributed by atoms with Crippen LogP contribution in [0.25, 0.3) is 0 Å². The third-order valence-corrected chi connectivity index (χ3v) is 3.67. The van der Waals surface area contributed by atoms with Gasteiger partial charge in [0.1, 0.15) is 5.82 Å². The van der Waals surface area contributed by atoms with Crippen LogP contribution in [0.1, 0.15) is 43.0 Å². The SMILES string of the molecule is CC1CCCC(O)(CNc2cc(C(=O)O)ccn2)C1. The average Bonchev–Trinajstić information content (AvgIpc) is 2.36. The van der Waals surface area contributed by atoms with E-state index in [2.05, 4.69) is 17.2 Å². The van der Waals surface area contributed by atoms with Crippen LogP contribution in [0, 0.1) is 5.92 Å². The van der Waals surface area contributed by atoms with Crippen LogP contribution in [-0.2, 0) is 0 Å². The normalized spacial score (nSPS) is 26.9. The summed E-state index contributed by atoms with van der Waals surface area (Å²) >= 11 is 0. The summed E-state index contributed by atoms with van der Waals surface area (Å²) in [4.78, 5) is 14.9. The van der Waals surface area contributed by atoms with Crippen LogP contribution < -0.4 is 5.32 Å². The molecule has 1 aliphatic carbocycles. The lowest BCUT2D eigenvalue weighted by atomic mass is 9.79. The smallest absolute Gasteiger partial charge is 0.335 e. The molecule has 104 valence electrons. The van der Waals surface area contributed by atoms with Gasteiger partial charge in [0.05, 0.1) is 11.2 Å². The molecule has 0 radical (unpaired) electrons. The second-order valence-electron chi connectivity index (χ2n) is 5.51. The number of aliphatic hydroxyl groups is 1. The second-order valence-corrected chi connectivity index (χ2v) is 5.51. The second kappa shape index (κ2) is 5.57. The fraction of sp³-hybridized carbons (Fsp3) is 0.571. The van der Waals surface area contributed by atoms with Crippen LogP contribution >= 0.6 is 0 Å². The van der Waals surface area contributed by atoms with Gasteiger partial charge >= 0.3 is 5.97 Å². The molecule has 3 N–H and O–H groups in total. The van der Waals surface area contributed by atoms with E-state index in [1.165, 1.54) is 18.3 Å². The summed E-state index contributed by atoms with van der Waals surface area (Å²) < 4.78 is 0. The highest BCUT2D eigenvalue weighted by Gasteiger charge is 2.32. The number of hydrogen-bond donors (Lipinski definition) is 3. The van der Waals surface area contributed by atoms with Crippen molar-refractivity contribution < 1.29 is 15.0 Å². The molecule has 2 rings (SSSR count). The van der Waals surface area contributed by atoms with Gasteiger partial charge in [-0.15, -0.1) is 0 Å². The summed E-state index contributed by atoms with van der Waals surface area (Å²) in [5.74, 6) is 0.0425. The third-order valence-electron chi connectivity index (χ3n) is 3.67. The molecule has 1 aliphatic rings. The van der Waals surface area contributed by atoms with Crippen molar-refractivity contribution in [3.63, 3.8) is 0 Å². The van der Waals surface area contributed by atoms with Crippen LogP contribution in [-0.4, -0.2) is 33.3 Å². The molecule has 19 heavy (non-hydrogen) atoms. The number of carbonyl (C=O) groups is 1. The van der Waals surface area contributed by atoms with Gasteiger partial charge in [0.2, 0.25) is 0 Å². The van der Waals surface area contributed by atoms with Gasteiger partial charge in [-0.2, -0.15) is 0 Å². The monoisotopic (exact) mass is 264 g/mol. The van der Waals surface area contributed by atoms with Crippen molar-refractivity contribution in [2.45, 2.75) is 38.2 Å². The molecular weight excluding hydrogens is 244 g/mol. The average molecular weight is 264 g/mol. The summed E-state index contributed by atoms with van der Waals surface area (Å²) in [6.45, 7) is 2.56. The third kappa shape index (κ3) is 3.67. The van der Waals surface area contributed by atoms with E-state index in [1.54, 1.807) is 0 Å². The van der Waals surface area contributed by atoms with Gasteiger partial charge in [0.15, 0.2) is 0 Å². The summed E-state index contributed by atoms with van der Waals surface area (Å²) in [6.07, 6.45) is 5.21. The number of nitrogens with zero attached hydrogens (tertiary/aromatic N) is 1. The Balaban J connectivity index is 1.98. The number of nitrogens with one attached hydrogen (secondary N) is 1. The Labute approximate surface area is 112 Å². The lowest BCUT2D eigenvalue weighted by Gasteiger charge is -2.35. The molecule has 0 amide bonds. The van der Waals surface area contributed by atoms with Crippen LogP contribution in [0.15, 0.2) is 18.3 Å². The minimum atomic E-state index is -0.976. The minimum Gasteiger partial charge on any atom is -0.478 e. The Morgan fingerprint density at radius 1 is 1.63 bits per heavy atom. The summed E-state index contributed by atoms with van der Waals surface area (Å²) in [5.41, 5.74) is -0.514. The first-order valence-corrected chi connectivity index (χ1v) is 6.64.